The Morgan fingerprint density at radius 3 is 2.73 bits per heavy atom. The Hall–Kier alpha value is -0.870. The zero-order chi connectivity index (χ0) is 11.5. The molecule has 1 aromatic rings. The van der Waals surface area contributed by atoms with Crippen molar-refractivity contribution in [2.75, 3.05) is 13.1 Å². The molecule has 0 aliphatic heterocycles. The van der Waals surface area contributed by atoms with E-state index in [4.69, 9.17) is 0 Å². The zero-order valence-electron chi connectivity index (χ0n) is 9.99. The van der Waals surface area contributed by atoms with E-state index >= 15 is 0 Å². The van der Waals surface area contributed by atoms with Gasteiger partial charge in [-0.1, -0.05) is 13.8 Å². The van der Waals surface area contributed by atoms with Crippen molar-refractivity contribution in [3.05, 3.63) is 18.0 Å². The minimum Gasteiger partial charge on any atom is -0.383 e. The van der Waals surface area contributed by atoms with Crippen LogP contribution < -0.4 is 5.32 Å². The van der Waals surface area contributed by atoms with Gasteiger partial charge in [0, 0.05) is 19.8 Å². The predicted molar refractivity (Wildman–Crippen MR) is 60.5 cm³/mol. The molecule has 86 valence electrons. The molecule has 0 bridgehead atoms. The third-order valence-corrected chi connectivity index (χ3v) is 2.39. The van der Waals surface area contributed by atoms with Gasteiger partial charge in [0.2, 0.25) is 0 Å². The Bertz CT molecular complexity index is 305. The maximum atomic E-state index is 10.2. The molecule has 0 saturated carbocycles. The maximum Gasteiger partial charge on any atom is 0.116 e. The normalized spacial score (nSPS) is 15.6. The van der Waals surface area contributed by atoms with Gasteiger partial charge in [0.25, 0.3) is 0 Å². The van der Waals surface area contributed by atoms with Crippen LogP contribution in [0.4, 0.5) is 0 Å². The summed E-state index contributed by atoms with van der Waals surface area (Å²) in [5.74, 6) is 0.590. The zero-order valence-corrected chi connectivity index (χ0v) is 9.99. The summed E-state index contributed by atoms with van der Waals surface area (Å²) in [6, 6.07) is 1.84. The minimum atomic E-state index is -0.861. The van der Waals surface area contributed by atoms with Crippen LogP contribution in [0.25, 0.3) is 0 Å². The summed E-state index contributed by atoms with van der Waals surface area (Å²) < 4.78 is 1.71. The van der Waals surface area contributed by atoms with E-state index in [2.05, 4.69) is 24.3 Å². The lowest BCUT2D eigenvalue weighted by Crippen LogP contribution is -2.38. The molecule has 4 heteroatoms. The number of nitrogens with one attached hydrogen (secondary N) is 1. The molecule has 0 aliphatic carbocycles. The largest absolute Gasteiger partial charge is 0.383 e. The summed E-state index contributed by atoms with van der Waals surface area (Å²) in [5.41, 5.74) is -0.0288. The molecule has 0 aliphatic rings. The number of rotatable bonds is 5. The van der Waals surface area contributed by atoms with Crippen molar-refractivity contribution in [1.82, 2.24) is 15.1 Å². The highest BCUT2D eigenvalue weighted by molar-refractivity contribution is 5.10. The van der Waals surface area contributed by atoms with Crippen molar-refractivity contribution in [2.45, 2.75) is 26.4 Å². The molecule has 1 atom stereocenters. The highest BCUT2D eigenvalue weighted by atomic mass is 16.3. The number of hydrogen-bond donors (Lipinski definition) is 2. The van der Waals surface area contributed by atoms with E-state index in [1.165, 1.54) is 0 Å². The van der Waals surface area contributed by atoms with Crippen LogP contribution in [-0.2, 0) is 12.6 Å². The van der Waals surface area contributed by atoms with Crippen LogP contribution >= 0.6 is 0 Å². The molecule has 2 N–H and O–H groups in total. The van der Waals surface area contributed by atoms with Gasteiger partial charge in [0.05, 0.1) is 5.69 Å². The van der Waals surface area contributed by atoms with Gasteiger partial charge in [0.15, 0.2) is 0 Å². The van der Waals surface area contributed by atoms with Crippen LogP contribution in [0.2, 0.25) is 0 Å². The molecule has 1 rings (SSSR count). The number of aromatic nitrogens is 2. The highest BCUT2D eigenvalue weighted by Crippen LogP contribution is 2.18. The second-order valence-electron chi connectivity index (χ2n) is 4.64. The summed E-state index contributed by atoms with van der Waals surface area (Å²) in [6.45, 7) is 7.55. The van der Waals surface area contributed by atoms with Crippen LogP contribution in [0.3, 0.4) is 0 Å². The van der Waals surface area contributed by atoms with Crippen LogP contribution in [0, 0.1) is 5.92 Å². The van der Waals surface area contributed by atoms with E-state index in [0.717, 1.165) is 12.2 Å². The molecule has 0 spiro atoms. The quantitative estimate of drug-likeness (QED) is 0.760. The summed E-state index contributed by atoms with van der Waals surface area (Å²) in [4.78, 5) is 0. The van der Waals surface area contributed by atoms with Crippen molar-refractivity contribution in [3.8, 4) is 0 Å². The van der Waals surface area contributed by atoms with Crippen molar-refractivity contribution in [2.24, 2.45) is 13.0 Å². The maximum absolute atomic E-state index is 10.2. The molecule has 0 radical (unpaired) electrons. The highest BCUT2D eigenvalue weighted by Gasteiger charge is 2.25. The Labute approximate surface area is 91.3 Å². The molecule has 0 amide bonds. The molecule has 0 fully saturated rings. The number of aliphatic hydroxyl groups is 1. The number of aryl methyl sites for hydroxylation is 1. The molecule has 4 nitrogen and oxygen atoms in total. The van der Waals surface area contributed by atoms with Crippen molar-refractivity contribution in [1.29, 1.82) is 0 Å². The Kier molecular flexibility index (Phi) is 3.88. The van der Waals surface area contributed by atoms with Crippen molar-refractivity contribution in [3.63, 3.8) is 0 Å². The van der Waals surface area contributed by atoms with Gasteiger partial charge in [-0.2, -0.15) is 5.10 Å². The van der Waals surface area contributed by atoms with Crippen LogP contribution in [0.5, 0.6) is 0 Å². The fourth-order valence-electron chi connectivity index (χ4n) is 1.60. The van der Waals surface area contributed by atoms with Gasteiger partial charge in [-0.15, -0.1) is 0 Å². The van der Waals surface area contributed by atoms with Gasteiger partial charge in [-0.3, -0.25) is 4.68 Å². The monoisotopic (exact) mass is 211 g/mol. The Balaban J connectivity index is 2.56. The minimum absolute atomic E-state index is 0.546. The second kappa shape index (κ2) is 4.77. The van der Waals surface area contributed by atoms with Crippen LogP contribution in [0.15, 0.2) is 12.3 Å². The van der Waals surface area contributed by atoms with E-state index in [0.29, 0.717) is 12.5 Å². The van der Waals surface area contributed by atoms with Crippen LogP contribution in [-0.4, -0.2) is 28.0 Å². The molecule has 0 aromatic carbocycles. The standard InChI is InChI=1S/C11H21N3O/c1-9(2)7-12-8-11(3,15)10-5-6-13-14(10)4/h5-6,9,12,15H,7-8H2,1-4H3. The first-order chi connectivity index (χ1) is 6.93. The third kappa shape index (κ3) is 3.32. The first kappa shape index (κ1) is 12.2. The summed E-state index contributed by atoms with van der Waals surface area (Å²) >= 11 is 0. The van der Waals surface area contributed by atoms with Gasteiger partial charge in [-0.25, -0.2) is 0 Å². The van der Waals surface area contributed by atoms with E-state index in [9.17, 15) is 5.11 Å². The first-order valence-corrected chi connectivity index (χ1v) is 5.35. The lowest BCUT2D eigenvalue weighted by molar-refractivity contribution is 0.0480. The second-order valence-corrected chi connectivity index (χ2v) is 4.64. The molecular weight excluding hydrogens is 190 g/mol. The number of nitrogens with zero attached hydrogens (tertiary/aromatic N) is 2. The average molecular weight is 211 g/mol. The van der Waals surface area contributed by atoms with Crippen molar-refractivity contribution < 1.29 is 5.11 Å². The van der Waals surface area contributed by atoms with Crippen LogP contribution in [0.1, 0.15) is 26.5 Å². The van der Waals surface area contributed by atoms with Gasteiger partial charge < -0.3 is 10.4 Å². The lowest BCUT2D eigenvalue weighted by Gasteiger charge is -2.24. The smallest absolute Gasteiger partial charge is 0.116 e. The topological polar surface area (TPSA) is 50.1 Å². The van der Waals surface area contributed by atoms with Gasteiger partial charge in [-0.05, 0) is 25.5 Å². The summed E-state index contributed by atoms with van der Waals surface area (Å²) in [5, 5.41) is 17.5. The fraction of sp³-hybridized carbons (Fsp3) is 0.727. The third-order valence-electron chi connectivity index (χ3n) is 2.39. The molecular formula is C11H21N3O. The van der Waals surface area contributed by atoms with E-state index in [-0.39, 0.29) is 0 Å². The van der Waals surface area contributed by atoms with E-state index in [1.807, 2.05) is 13.1 Å². The SMILES string of the molecule is CC(C)CNCC(C)(O)c1ccnn1C. The molecule has 15 heavy (non-hydrogen) atoms. The molecule has 1 aromatic heterocycles. The average Bonchev–Trinajstić information content (AvgIpc) is 2.50. The molecule has 1 unspecified atom stereocenters. The summed E-state index contributed by atoms with van der Waals surface area (Å²) in [6.07, 6.45) is 1.70. The number of hydrogen-bond acceptors (Lipinski definition) is 3. The van der Waals surface area contributed by atoms with Crippen molar-refractivity contribution >= 4 is 0 Å². The fourth-order valence-corrected chi connectivity index (χ4v) is 1.60. The lowest BCUT2D eigenvalue weighted by atomic mass is 10.0. The van der Waals surface area contributed by atoms with E-state index < -0.39 is 5.60 Å². The Morgan fingerprint density at radius 2 is 2.27 bits per heavy atom. The first-order valence-electron chi connectivity index (χ1n) is 5.35. The van der Waals surface area contributed by atoms with E-state index in [1.54, 1.807) is 17.8 Å². The van der Waals surface area contributed by atoms with Gasteiger partial charge in [0.1, 0.15) is 5.60 Å². The molecule has 1 heterocycles. The predicted octanol–water partition coefficient (Wildman–Crippen LogP) is 0.873. The summed E-state index contributed by atoms with van der Waals surface area (Å²) in [7, 11) is 1.84. The molecule has 0 saturated heterocycles. The Morgan fingerprint density at radius 1 is 1.60 bits per heavy atom. The van der Waals surface area contributed by atoms with Gasteiger partial charge >= 0.3 is 0 Å².